The zero-order valence-corrected chi connectivity index (χ0v) is 66.4. The molecule has 0 unspecified atom stereocenters. The maximum Gasteiger partial charge on any atom is 0.349 e. The summed E-state index contributed by atoms with van der Waals surface area (Å²) < 4.78 is 110. The zero-order chi connectivity index (χ0) is 75.1. The van der Waals surface area contributed by atoms with Crippen LogP contribution in [0.3, 0.4) is 0 Å². The minimum atomic E-state index is -3.73. The highest BCUT2D eigenvalue weighted by Crippen LogP contribution is 2.50. The molecule has 102 heavy (non-hydrogen) atoms. The lowest BCUT2D eigenvalue weighted by Gasteiger charge is -2.28. The van der Waals surface area contributed by atoms with Crippen LogP contribution in [0.1, 0.15) is 229 Å². The Hall–Kier alpha value is -4.62. The van der Waals surface area contributed by atoms with E-state index in [-0.39, 0.29) is 137 Å². The lowest BCUT2D eigenvalue weighted by Crippen LogP contribution is -2.45. The second kappa shape index (κ2) is 52.4. The molecule has 0 aromatic heterocycles. The van der Waals surface area contributed by atoms with Gasteiger partial charge in [0.15, 0.2) is 5.78 Å². The van der Waals surface area contributed by atoms with Crippen LogP contribution in [0.4, 0.5) is 11.4 Å². The number of rotatable bonds is 64. The van der Waals surface area contributed by atoms with Crippen molar-refractivity contribution in [2.75, 3.05) is 154 Å². The molecule has 3 rings (SSSR count). The van der Waals surface area contributed by atoms with Gasteiger partial charge >= 0.3 is 30.4 Å². The summed E-state index contributed by atoms with van der Waals surface area (Å²) in [5.41, 5.74) is 0.417. The first-order valence-electron chi connectivity index (χ1n) is 37.3. The molecule has 6 N–H and O–H groups in total. The minimum absolute atomic E-state index is 0.00169. The fourth-order valence-electron chi connectivity index (χ4n) is 11.4. The monoisotopic (exact) mass is 1520 g/mol. The normalized spacial score (nSPS) is 12.5. The number of carbonyl (C=O) groups excluding carboxylic acids is 6. The van der Waals surface area contributed by atoms with Crippen molar-refractivity contribution in [3.8, 4) is 11.5 Å². The van der Waals surface area contributed by atoms with Gasteiger partial charge in [-0.2, -0.15) is 0 Å². The lowest BCUT2D eigenvalue weighted by molar-refractivity contribution is -0.126. The predicted octanol–water partition coefficient (Wildman–Crippen LogP) is 13.8. The van der Waals surface area contributed by atoms with Crippen LogP contribution in [-0.2, 0) is 73.6 Å². The average Bonchev–Trinajstić information content (AvgIpc) is 0.729. The Labute approximate surface area is 607 Å². The van der Waals surface area contributed by atoms with Crippen molar-refractivity contribution in [2.45, 2.75) is 198 Å². The van der Waals surface area contributed by atoms with Crippen molar-refractivity contribution in [1.82, 2.24) is 31.1 Å². The van der Waals surface area contributed by atoms with Gasteiger partial charge in [-0.05, 0) is 92.5 Å². The number of carbonyl (C=O) groups is 6. The molecule has 0 fully saturated rings. The van der Waals surface area contributed by atoms with Gasteiger partial charge in [0.25, 0.3) is 0 Å². The molecule has 1 aliphatic rings. The van der Waals surface area contributed by atoms with E-state index in [0.717, 1.165) is 51.4 Å². The molecule has 32 heteroatoms. The first-order valence-corrected chi connectivity index (χ1v) is 44.2. The number of hydrogen-bond donors (Lipinski definition) is 6. The molecule has 0 saturated carbocycles. The van der Waals surface area contributed by atoms with E-state index in [1.54, 1.807) is 79.7 Å². The van der Waals surface area contributed by atoms with Gasteiger partial charge in [0.1, 0.15) is 36.6 Å². The summed E-state index contributed by atoms with van der Waals surface area (Å²) in [4.78, 5) is 89.4. The third-order valence-corrected chi connectivity index (χ3v) is 23.6. The first kappa shape index (κ1) is 91.6. The average molecular weight is 1520 g/mol. The molecule has 0 aliphatic heterocycles. The maximum atomic E-state index is 15.9. The van der Waals surface area contributed by atoms with Crippen molar-refractivity contribution in [3.63, 3.8) is 0 Å². The Balaban J connectivity index is 2.17. The van der Waals surface area contributed by atoms with Crippen LogP contribution in [0.2, 0.25) is 0 Å². The number of ketones is 2. The summed E-state index contributed by atoms with van der Waals surface area (Å²) >= 11 is 0. The molecule has 0 radical (unpaired) electrons. The van der Waals surface area contributed by atoms with Gasteiger partial charge in [-0.15, -0.1) is 0 Å². The number of fused-ring (bicyclic) bond motifs is 2. The summed E-state index contributed by atoms with van der Waals surface area (Å²) in [5, 5.41) is 17.0. The fourth-order valence-corrected chi connectivity index (χ4v) is 17.1. The van der Waals surface area contributed by atoms with Crippen LogP contribution >= 0.6 is 30.4 Å². The molecule has 0 atom stereocenters. The smallest absolute Gasteiger partial charge is 0.349 e. The van der Waals surface area contributed by atoms with Crippen molar-refractivity contribution in [3.05, 3.63) is 46.5 Å². The van der Waals surface area contributed by atoms with Gasteiger partial charge in [0.2, 0.25) is 29.4 Å². The van der Waals surface area contributed by atoms with Gasteiger partial charge < -0.3 is 77.6 Å². The zero-order valence-electron chi connectivity index (χ0n) is 62.9. The number of amides is 4. The van der Waals surface area contributed by atoms with Gasteiger partial charge in [0, 0.05) is 37.6 Å². The topological polar surface area (TPSA) is 342 Å². The highest BCUT2D eigenvalue weighted by atomic mass is 31.2. The van der Waals surface area contributed by atoms with Crippen LogP contribution in [-0.4, -0.2) is 189 Å². The van der Waals surface area contributed by atoms with E-state index in [2.05, 4.69) is 45.7 Å². The number of benzene rings is 2. The van der Waals surface area contributed by atoms with E-state index in [0.29, 0.717) is 12.8 Å². The molecular weight excluding hydrogens is 1400 g/mol. The quantitative estimate of drug-likeness (QED) is 0.0226. The SMILES string of the molecule is CCCCCCCCCCCCOc1ccc(NCCN(CC(=O)NCP(=O)(OCC)OCC)CC(=O)NCP(=O)(OCC)OCC)c2c1C(=O)c1c(OCCCCCCCCCCCC)ccc(NCCN(CC(=O)NCP(=O)(OCC)OCC)CC(=O)NCP(=O)(OCC)OCC)c1C2=O. The summed E-state index contributed by atoms with van der Waals surface area (Å²) in [6, 6.07) is 6.56. The molecule has 28 nitrogen and oxygen atoms in total. The van der Waals surface area contributed by atoms with E-state index in [4.69, 9.17) is 45.7 Å². The van der Waals surface area contributed by atoms with Gasteiger partial charge in [-0.1, -0.05) is 129 Å². The predicted molar refractivity (Wildman–Crippen MR) is 400 cm³/mol. The lowest BCUT2D eigenvalue weighted by atomic mass is 9.81. The van der Waals surface area contributed by atoms with Crippen molar-refractivity contribution in [2.24, 2.45) is 0 Å². The van der Waals surface area contributed by atoms with Crippen LogP contribution in [0.15, 0.2) is 24.3 Å². The van der Waals surface area contributed by atoms with Crippen LogP contribution in [0.5, 0.6) is 11.5 Å². The molecule has 1 aliphatic carbocycles. The largest absolute Gasteiger partial charge is 0.493 e. The van der Waals surface area contributed by atoms with Crippen LogP contribution in [0.25, 0.3) is 0 Å². The summed E-state index contributed by atoms with van der Waals surface area (Å²) in [7, 11) is -14.9. The Morgan fingerprint density at radius 2 is 0.569 bits per heavy atom. The standard InChI is InChI=1S/C70H124N8O20P4/c1-11-21-23-25-27-29-31-33-35-37-47-89-59-41-39-57(71-43-45-77(49-61(79)73-53-99(85,91-13-3)92-14-4)50-62(80)74-54-100(86,93-15-5)94-16-6)65-67(59)70(84)68-60(90-48-38-36-34-32-30-28-26-24-22-12-2)42-40-58(66(68)69(65)83)72-44-46-78(51-63(81)75-55-101(87,95-17-7)96-18-8)52-64(82)76-56-102(88,97-19-9)98-20-10/h39-42,71-72H,11-38,43-56H2,1-10H3,(H,73,79)(H,74,80)(H,75,81)(H,76,82). The number of hydrogen-bond acceptors (Lipinski definition) is 24. The number of ether oxygens (including phenoxy) is 2. The maximum absolute atomic E-state index is 15.9. The minimum Gasteiger partial charge on any atom is -0.493 e. The van der Waals surface area contributed by atoms with Gasteiger partial charge in [-0.3, -0.25) is 56.8 Å². The molecule has 4 amide bonds. The summed E-state index contributed by atoms with van der Waals surface area (Å²) in [6.45, 7) is 16.7. The van der Waals surface area contributed by atoms with E-state index < -0.39 is 117 Å². The second-order valence-corrected chi connectivity index (χ2v) is 32.8. The highest BCUT2D eigenvalue weighted by Gasteiger charge is 2.40. The first-order chi connectivity index (χ1) is 49.1. The molecule has 2 aromatic rings. The Kier molecular flexibility index (Phi) is 47.0. The molecule has 0 bridgehead atoms. The van der Waals surface area contributed by atoms with E-state index in [9.17, 15) is 37.4 Å². The molecule has 584 valence electrons. The second-order valence-electron chi connectivity index (χ2n) is 24.5. The number of unbranched alkanes of at least 4 members (excludes halogenated alkanes) is 18. The highest BCUT2D eigenvalue weighted by molar-refractivity contribution is 7.54. The number of nitrogens with one attached hydrogen (secondary N) is 6. The van der Waals surface area contributed by atoms with E-state index in [1.807, 2.05) is 0 Å². The molecule has 0 spiro atoms. The third kappa shape index (κ3) is 35.2. The van der Waals surface area contributed by atoms with Gasteiger partial charge in [0.05, 0.1) is 115 Å². The van der Waals surface area contributed by atoms with Crippen molar-refractivity contribution < 1.29 is 92.7 Å². The Morgan fingerprint density at radius 3 is 0.814 bits per heavy atom. The Bertz CT molecular complexity index is 2690. The van der Waals surface area contributed by atoms with Crippen LogP contribution in [0, 0.1) is 0 Å². The van der Waals surface area contributed by atoms with Crippen molar-refractivity contribution >= 4 is 77.0 Å². The fraction of sp³-hybridized carbons (Fsp3) is 0.743. The molecule has 2 aromatic carbocycles. The van der Waals surface area contributed by atoms with Crippen LogP contribution < -0.4 is 41.4 Å². The number of anilines is 2. The number of nitrogens with zero attached hydrogens (tertiary/aromatic N) is 2. The third-order valence-electron chi connectivity index (χ3n) is 16.2. The van der Waals surface area contributed by atoms with E-state index >= 15 is 9.59 Å². The van der Waals surface area contributed by atoms with Crippen molar-refractivity contribution in [1.29, 1.82) is 0 Å². The molecule has 0 saturated heterocycles. The molecule has 0 heterocycles. The molecular formula is C70H124N8O20P4. The van der Waals surface area contributed by atoms with E-state index in [1.165, 1.54) is 74.0 Å². The van der Waals surface area contributed by atoms with Gasteiger partial charge in [-0.25, -0.2) is 0 Å². The summed E-state index contributed by atoms with van der Waals surface area (Å²) in [5.74, 6) is -3.28. The summed E-state index contributed by atoms with van der Waals surface area (Å²) in [6.07, 6.45) is 20.0. The Morgan fingerprint density at radius 1 is 0.333 bits per heavy atom.